The summed E-state index contributed by atoms with van der Waals surface area (Å²) in [4.78, 5) is 33.7. The number of hydrogen-bond acceptors (Lipinski definition) is 9. The molecule has 0 aliphatic carbocycles. The lowest BCUT2D eigenvalue weighted by atomic mass is 10.1. The van der Waals surface area contributed by atoms with Gasteiger partial charge in [0.15, 0.2) is 11.5 Å². The van der Waals surface area contributed by atoms with Crippen LogP contribution in [0.2, 0.25) is 0 Å². The van der Waals surface area contributed by atoms with E-state index in [2.05, 4.69) is 21.2 Å². The van der Waals surface area contributed by atoms with Gasteiger partial charge in [0.05, 0.1) is 33.6 Å². The van der Waals surface area contributed by atoms with Crippen LogP contribution in [0.5, 0.6) is 23.0 Å². The standard InChI is InChI=1S/C26H21BrN4O8/c1-3-37-20-8-5-18(6-9-20)29-26(32)17(15-28)11-16-12-21(27)25(24(13-16)38-4-2)39-23-10-7-19(30(33)34)14-22(23)31(35)36/h5-14H,3-4H2,1-2H3,(H,29,32)/b17-11-. The summed E-state index contributed by atoms with van der Waals surface area (Å²) < 4.78 is 17.0. The Balaban J connectivity index is 1.93. The maximum Gasteiger partial charge on any atom is 0.318 e. The first-order valence-corrected chi connectivity index (χ1v) is 12.2. The molecule has 0 spiro atoms. The minimum Gasteiger partial charge on any atom is -0.494 e. The van der Waals surface area contributed by atoms with E-state index in [0.29, 0.717) is 23.6 Å². The molecule has 3 aromatic carbocycles. The Hall–Kier alpha value is -4.96. The largest absolute Gasteiger partial charge is 0.494 e. The molecule has 0 bridgehead atoms. The quantitative estimate of drug-likeness (QED) is 0.114. The van der Waals surface area contributed by atoms with Crippen molar-refractivity contribution in [1.29, 1.82) is 5.26 Å². The van der Waals surface area contributed by atoms with Crippen LogP contribution in [0, 0.1) is 31.6 Å². The zero-order valence-corrected chi connectivity index (χ0v) is 22.3. The van der Waals surface area contributed by atoms with E-state index in [1.54, 1.807) is 31.2 Å². The maximum absolute atomic E-state index is 12.7. The summed E-state index contributed by atoms with van der Waals surface area (Å²) in [6, 6.07) is 14.5. The molecule has 0 heterocycles. The number of nitro benzene ring substituents is 2. The molecule has 3 rings (SSSR count). The lowest BCUT2D eigenvalue weighted by Gasteiger charge is -2.14. The van der Waals surface area contributed by atoms with Gasteiger partial charge in [-0.2, -0.15) is 5.26 Å². The predicted octanol–water partition coefficient (Wildman–Crippen LogP) is 6.40. The van der Waals surface area contributed by atoms with Gasteiger partial charge in [-0.25, -0.2) is 0 Å². The van der Waals surface area contributed by atoms with Crippen LogP contribution in [0.3, 0.4) is 0 Å². The molecule has 0 aliphatic rings. The van der Waals surface area contributed by atoms with Crippen LogP contribution in [-0.4, -0.2) is 29.0 Å². The van der Waals surface area contributed by atoms with Crippen molar-refractivity contribution >= 4 is 45.0 Å². The Morgan fingerprint density at radius 1 is 1.00 bits per heavy atom. The molecular formula is C26H21BrN4O8. The van der Waals surface area contributed by atoms with E-state index in [-0.39, 0.29) is 33.9 Å². The number of halogens is 1. The molecule has 0 atom stereocenters. The second-order valence-corrected chi connectivity index (χ2v) is 8.47. The lowest BCUT2D eigenvalue weighted by Crippen LogP contribution is -2.13. The second-order valence-electron chi connectivity index (χ2n) is 7.61. The summed E-state index contributed by atoms with van der Waals surface area (Å²) in [5.41, 5.74) is -0.409. The van der Waals surface area contributed by atoms with Gasteiger partial charge in [0.25, 0.3) is 11.6 Å². The molecule has 0 aliphatic heterocycles. The number of ether oxygens (including phenoxy) is 3. The van der Waals surface area contributed by atoms with E-state index in [1.165, 1.54) is 18.2 Å². The van der Waals surface area contributed by atoms with Crippen molar-refractivity contribution in [3.8, 4) is 29.1 Å². The normalized spacial score (nSPS) is 10.8. The number of nitriles is 1. The molecule has 1 amide bonds. The summed E-state index contributed by atoms with van der Waals surface area (Å²) in [5.74, 6) is -0.0416. The first-order chi connectivity index (χ1) is 18.7. The van der Waals surface area contributed by atoms with Gasteiger partial charge in [0.1, 0.15) is 17.4 Å². The molecule has 0 saturated carbocycles. The number of hydrogen-bond donors (Lipinski definition) is 1. The van der Waals surface area contributed by atoms with Gasteiger partial charge < -0.3 is 19.5 Å². The van der Waals surface area contributed by atoms with E-state index in [1.807, 2.05) is 13.0 Å². The monoisotopic (exact) mass is 596 g/mol. The lowest BCUT2D eigenvalue weighted by molar-refractivity contribution is -0.394. The number of anilines is 1. The van der Waals surface area contributed by atoms with Crippen LogP contribution in [-0.2, 0) is 4.79 Å². The van der Waals surface area contributed by atoms with Gasteiger partial charge in [-0.15, -0.1) is 0 Å². The number of nitrogens with zero attached hydrogens (tertiary/aromatic N) is 3. The highest BCUT2D eigenvalue weighted by Crippen LogP contribution is 2.43. The summed E-state index contributed by atoms with van der Waals surface area (Å²) in [6.07, 6.45) is 1.34. The zero-order valence-electron chi connectivity index (χ0n) is 20.7. The van der Waals surface area contributed by atoms with Crippen LogP contribution >= 0.6 is 15.9 Å². The third kappa shape index (κ3) is 7.30. The number of nitrogens with one attached hydrogen (secondary N) is 1. The highest BCUT2D eigenvalue weighted by molar-refractivity contribution is 9.10. The Morgan fingerprint density at radius 2 is 1.69 bits per heavy atom. The van der Waals surface area contributed by atoms with E-state index >= 15 is 0 Å². The first-order valence-electron chi connectivity index (χ1n) is 11.4. The van der Waals surface area contributed by atoms with Crippen LogP contribution in [0.25, 0.3) is 6.08 Å². The summed E-state index contributed by atoms with van der Waals surface area (Å²) in [6.45, 7) is 4.26. The highest BCUT2D eigenvalue weighted by atomic mass is 79.9. The number of carbonyl (C=O) groups is 1. The van der Waals surface area contributed by atoms with Crippen molar-refractivity contribution in [1.82, 2.24) is 0 Å². The number of carbonyl (C=O) groups excluding carboxylic acids is 1. The minimum atomic E-state index is -0.796. The van der Waals surface area contributed by atoms with E-state index in [9.17, 15) is 30.3 Å². The number of nitro groups is 2. The van der Waals surface area contributed by atoms with Crippen molar-refractivity contribution in [2.45, 2.75) is 13.8 Å². The van der Waals surface area contributed by atoms with E-state index in [4.69, 9.17) is 14.2 Å². The molecule has 0 radical (unpaired) electrons. The predicted molar refractivity (Wildman–Crippen MR) is 145 cm³/mol. The van der Waals surface area contributed by atoms with Crippen molar-refractivity contribution in [2.24, 2.45) is 0 Å². The fourth-order valence-electron chi connectivity index (χ4n) is 3.31. The maximum atomic E-state index is 12.7. The summed E-state index contributed by atoms with van der Waals surface area (Å²) in [5, 5.41) is 34.8. The van der Waals surface area contributed by atoms with Crippen molar-refractivity contribution in [3.63, 3.8) is 0 Å². The Bertz CT molecular complexity index is 1480. The molecule has 3 aromatic rings. The topological polar surface area (TPSA) is 167 Å². The Morgan fingerprint density at radius 3 is 2.28 bits per heavy atom. The average Bonchev–Trinajstić information content (AvgIpc) is 2.90. The number of benzene rings is 3. The molecule has 0 unspecified atom stereocenters. The van der Waals surface area contributed by atoms with Gasteiger partial charge in [-0.1, -0.05) is 0 Å². The van der Waals surface area contributed by atoms with Gasteiger partial charge in [-0.05, 0) is 83.9 Å². The SMILES string of the molecule is CCOc1ccc(NC(=O)/C(C#N)=C\c2cc(Br)c(Oc3ccc([N+](=O)[O-])cc3[N+](=O)[O-])c(OCC)c2)cc1. The molecule has 1 N–H and O–H groups in total. The zero-order chi connectivity index (χ0) is 28.5. The second kappa shape index (κ2) is 13.0. The third-order valence-corrected chi connectivity index (χ3v) is 5.58. The number of non-ortho nitro benzene ring substituents is 1. The smallest absolute Gasteiger partial charge is 0.318 e. The van der Waals surface area contributed by atoms with Crippen LogP contribution in [0.15, 0.2) is 64.6 Å². The van der Waals surface area contributed by atoms with Gasteiger partial charge >= 0.3 is 5.69 Å². The van der Waals surface area contributed by atoms with Crippen LogP contribution in [0.4, 0.5) is 17.1 Å². The Kier molecular flexibility index (Phi) is 9.55. The van der Waals surface area contributed by atoms with Crippen molar-refractivity contribution in [3.05, 3.63) is 90.4 Å². The number of amides is 1. The third-order valence-electron chi connectivity index (χ3n) is 4.99. The van der Waals surface area contributed by atoms with E-state index in [0.717, 1.165) is 18.2 Å². The molecule has 0 fully saturated rings. The average molecular weight is 597 g/mol. The van der Waals surface area contributed by atoms with Crippen molar-refractivity contribution < 1.29 is 28.9 Å². The van der Waals surface area contributed by atoms with Crippen LogP contribution in [0.1, 0.15) is 19.4 Å². The molecule has 13 heteroatoms. The van der Waals surface area contributed by atoms with Crippen molar-refractivity contribution in [2.75, 3.05) is 18.5 Å². The molecule has 39 heavy (non-hydrogen) atoms. The van der Waals surface area contributed by atoms with Gasteiger partial charge in [0, 0.05) is 11.8 Å². The number of rotatable bonds is 11. The summed E-state index contributed by atoms with van der Waals surface area (Å²) in [7, 11) is 0. The molecule has 200 valence electrons. The fourth-order valence-corrected chi connectivity index (χ4v) is 3.85. The minimum absolute atomic E-state index is 0.0586. The highest BCUT2D eigenvalue weighted by Gasteiger charge is 2.24. The van der Waals surface area contributed by atoms with Crippen LogP contribution < -0.4 is 19.5 Å². The molecule has 12 nitrogen and oxygen atoms in total. The van der Waals surface area contributed by atoms with Gasteiger partial charge in [-0.3, -0.25) is 25.0 Å². The molecule has 0 aromatic heterocycles. The van der Waals surface area contributed by atoms with E-state index < -0.39 is 27.1 Å². The molecular weight excluding hydrogens is 576 g/mol. The van der Waals surface area contributed by atoms with Gasteiger partial charge in [0.2, 0.25) is 5.75 Å². The summed E-state index contributed by atoms with van der Waals surface area (Å²) >= 11 is 3.34. The molecule has 0 saturated heterocycles. The first kappa shape index (κ1) is 28.6. The Labute approximate surface area is 230 Å². The fraction of sp³-hybridized carbons (Fsp3) is 0.154.